The molecule has 2 rings (SSSR count). The Bertz CT molecular complexity index is 615. The van der Waals surface area contributed by atoms with Crippen molar-refractivity contribution in [2.45, 2.75) is 26.7 Å². The Morgan fingerprint density at radius 3 is 2.95 bits per heavy atom. The predicted octanol–water partition coefficient (Wildman–Crippen LogP) is 3.28. The fourth-order valence-electron chi connectivity index (χ4n) is 1.76. The molecule has 0 radical (unpaired) electrons. The number of aromatic nitrogens is 2. The molecule has 19 heavy (non-hydrogen) atoms. The van der Waals surface area contributed by atoms with Crippen molar-refractivity contribution < 1.29 is 8.91 Å². The Morgan fingerprint density at radius 1 is 1.47 bits per heavy atom. The van der Waals surface area contributed by atoms with E-state index in [0.29, 0.717) is 30.1 Å². The van der Waals surface area contributed by atoms with Gasteiger partial charge in [0, 0.05) is 18.4 Å². The van der Waals surface area contributed by atoms with E-state index in [1.807, 2.05) is 6.92 Å². The van der Waals surface area contributed by atoms with E-state index in [1.54, 1.807) is 19.1 Å². The van der Waals surface area contributed by atoms with Crippen molar-refractivity contribution in [1.29, 1.82) is 5.26 Å². The molecular formula is C14H14FN3O. The second-order valence-corrected chi connectivity index (χ2v) is 4.65. The first kappa shape index (κ1) is 13.2. The van der Waals surface area contributed by atoms with Gasteiger partial charge >= 0.3 is 0 Å². The molecule has 0 bridgehead atoms. The van der Waals surface area contributed by atoms with Crippen molar-refractivity contribution in [2.75, 3.05) is 0 Å². The van der Waals surface area contributed by atoms with Crippen molar-refractivity contribution in [3.63, 3.8) is 0 Å². The Balaban J connectivity index is 2.16. The highest BCUT2D eigenvalue weighted by Crippen LogP contribution is 2.20. The summed E-state index contributed by atoms with van der Waals surface area (Å²) < 4.78 is 18.3. The van der Waals surface area contributed by atoms with Crippen LogP contribution in [0.5, 0.6) is 0 Å². The molecule has 4 nitrogen and oxygen atoms in total. The normalized spacial score (nSPS) is 12.1. The maximum absolute atomic E-state index is 13.2. The number of hydrogen-bond acceptors (Lipinski definition) is 4. The summed E-state index contributed by atoms with van der Waals surface area (Å²) in [5.74, 6) is 0.866. The molecule has 1 aromatic carbocycles. The van der Waals surface area contributed by atoms with Gasteiger partial charge in [-0.05, 0) is 36.6 Å². The third-order valence-corrected chi connectivity index (χ3v) is 2.85. The van der Waals surface area contributed by atoms with Gasteiger partial charge in [-0.3, -0.25) is 0 Å². The van der Waals surface area contributed by atoms with Crippen LogP contribution in [0.15, 0.2) is 22.7 Å². The number of hydrogen-bond donors (Lipinski definition) is 0. The lowest BCUT2D eigenvalue weighted by Crippen LogP contribution is -1.98. The van der Waals surface area contributed by atoms with Gasteiger partial charge in [-0.2, -0.15) is 10.2 Å². The first-order valence-electron chi connectivity index (χ1n) is 6.06. The molecule has 0 fully saturated rings. The Hall–Kier alpha value is -2.22. The largest absolute Gasteiger partial charge is 0.339 e. The monoisotopic (exact) mass is 259 g/mol. The lowest BCUT2D eigenvalue weighted by atomic mass is 10.1. The Kier molecular flexibility index (Phi) is 3.91. The molecule has 0 N–H and O–H groups in total. The molecule has 0 amide bonds. The van der Waals surface area contributed by atoms with Gasteiger partial charge in [-0.1, -0.05) is 12.1 Å². The van der Waals surface area contributed by atoms with Gasteiger partial charge in [0.1, 0.15) is 5.82 Å². The molecule has 1 unspecified atom stereocenters. The van der Waals surface area contributed by atoms with Crippen molar-refractivity contribution >= 4 is 0 Å². The van der Waals surface area contributed by atoms with E-state index in [9.17, 15) is 4.39 Å². The number of nitrogens with zero attached hydrogens (tertiary/aromatic N) is 3. The number of rotatable bonds is 4. The maximum atomic E-state index is 13.2. The zero-order valence-electron chi connectivity index (χ0n) is 10.9. The molecule has 1 aromatic heterocycles. The lowest BCUT2D eigenvalue weighted by molar-refractivity contribution is 0.359. The van der Waals surface area contributed by atoms with Crippen LogP contribution in [0.1, 0.15) is 24.8 Å². The second-order valence-electron chi connectivity index (χ2n) is 4.65. The third-order valence-electron chi connectivity index (χ3n) is 2.85. The minimum atomic E-state index is -0.255. The molecule has 98 valence electrons. The quantitative estimate of drug-likeness (QED) is 0.845. The van der Waals surface area contributed by atoms with E-state index in [-0.39, 0.29) is 11.7 Å². The predicted molar refractivity (Wildman–Crippen MR) is 67.5 cm³/mol. The highest BCUT2D eigenvalue weighted by Gasteiger charge is 2.12. The maximum Gasteiger partial charge on any atom is 0.227 e. The van der Waals surface area contributed by atoms with Crippen LogP contribution in [0.3, 0.4) is 0 Å². The van der Waals surface area contributed by atoms with Crippen LogP contribution in [0, 0.1) is 30.0 Å². The highest BCUT2D eigenvalue weighted by atomic mass is 19.1. The minimum Gasteiger partial charge on any atom is -0.339 e. The zero-order chi connectivity index (χ0) is 13.8. The smallest absolute Gasteiger partial charge is 0.227 e. The number of halogens is 1. The summed E-state index contributed by atoms with van der Waals surface area (Å²) in [5, 5.41) is 12.5. The van der Waals surface area contributed by atoms with E-state index in [4.69, 9.17) is 9.78 Å². The first-order chi connectivity index (χ1) is 9.10. The second kappa shape index (κ2) is 5.61. The molecule has 1 heterocycles. The SMILES string of the molecule is Cc1cc(-c2noc(CC(C)CC#N)n2)ccc1F. The fourth-order valence-corrected chi connectivity index (χ4v) is 1.76. The van der Waals surface area contributed by atoms with Gasteiger partial charge in [0.2, 0.25) is 11.7 Å². The summed E-state index contributed by atoms with van der Waals surface area (Å²) in [6, 6.07) is 6.80. The van der Waals surface area contributed by atoms with Gasteiger partial charge in [-0.25, -0.2) is 4.39 Å². The number of benzene rings is 1. The van der Waals surface area contributed by atoms with Crippen LogP contribution in [0.2, 0.25) is 0 Å². The van der Waals surface area contributed by atoms with Crippen molar-refractivity contribution in [2.24, 2.45) is 5.92 Å². The van der Waals surface area contributed by atoms with Gasteiger partial charge in [0.25, 0.3) is 0 Å². The van der Waals surface area contributed by atoms with Crippen LogP contribution in [0.25, 0.3) is 11.4 Å². The van der Waals surface area contributed by atoms with Crippen LogP contribution in [0.4, 0.5) is 4.39 Å². The van der Waals surface area contributed by atoms with Crippen molar-refractivity contribution in [3.8, 4) is 17.5 Å². The summed E-state index contributed by atoms with van der Waals surface area (Å²) in [5.41, 5.74) is 1.27. The van der Waals surface area contributed by atoms with Gasteiger partial charge in [0.15, 0.2) is 0 Å². The van der Waals surface area contributed by atoms with Gasteiger partial charge in [-0.15, -0.1) is 0 Å². The van der Waals surface area contributed by atoms with Gasteiger partial charge < -0.3 is 4.52 Å². The molecule has 0 aliphatic heterocycles. The average molecular weight is 259 g/mol. The molecule has 0 spiro atoms. The summed E-state index contributed by atoms with van der Waals surface area (Å²) >= 11 is 0. The Labute approximate surface area is 110 Å². The molecule has 0 saturated carbocycles. The number of aryl methyl sites for hydroxylation is 1. The molecule has 0 aliphatic carbocycles. The number of nitriles is 1. The van der Waals surface area contributed by atoms with Crippen LogP contribution >= 0.6 is 0 Å². The van der Waals surface area contributed by atoms with E-state index < -0.39 is 0 Å². The first-order valence-corrected chi connectivity index (χ1v) is 6.06. The van der Waals surface area contributed by atoms with Crippen LogP contribution in [-0.2, 0) is 6.42 Å². The third kappa shape index (κ3) is 3.16. The van der Waals surface area contributed by atoms with Crippen LogP contribution < -0.4 is 0 Å². The topological polar surface area (TPSA) is 62.7 Å². The van der Waals surface area contributed by atoms with Gasteiger partial charge in [0.05, 0.1) is 6.07 Å². The standard InChI is InChI=1S/C14H14FN3O/c1-9(5-6-16)7-13-17-14(18-19-13)11-3-4-12(15)10(2)8-11/h3-4,8-9H,5,7H2,1-2H3. The summed E-state index contributed by atoms with van der Waals surface area (Å²) in [6.07, 6.45) is 1.02. The molecule has 2 aromatic rings. The van der Waals surface area contributed by atoms with E-state index in [0.717, 1.165) is 5.56 Å². The minimum absolute atomic E-state index is 0.174. The molecular weight excluding hydrogens is 245 g/mol. The fraction of sp³-hybridized carbons (Fsp3) is 0.357. The summed E-state index contributed by atoms with van der Waals surface area (Å²) in [4.78, 5) is 4.26. The molecule has 1 atom stereocenters. The highest BCUT2D eigenvalue weighted by molar-refractivity contribution is 5.55. The van der Waals surface area contributed by atoms with E-state index in [2.05, 4.69) is 16.2 Å². The van der Waals surface area contributed by atoms with E-state index >= 15 is 0 Å². The summed E-state index contributed by atoms with van der Waals surface area (Å²) in [6.45, 7) is 3.64. The van der Waals surface area contributed by atoms with E-state index in [1.165, 1.54) is 6.07 Å². The molecule has 0 aliphatic rings. The zero-order valence-corrected chi connectivity index (χ0v) is 10.9. The lowest BCUT2D eigenvalue weighted by Gasteiger charge is -2.00. The summed E-state index contributed by atoms with van der Waals surface area (Å²) in [7, 11) is 0. The molecule has 0 saturated heterocycles. The molecule has 5 heteroatoms. The van der Waals surface area contributed by atoms with Crippen LogP contribution in [-0.4, -0.2) is 10.1 Å². The van der Waals surface area contributed by atoms with Crippen molar-refractivity contribution in [3.05, 3.63) is 35.5 Å². The average Bonchev–Trinajstić information content (AvgIpc) is 2.81. The van der Waals surface area contributed by atoms with Crippen molar-refractivity contribution in [1.82, 2.24) is 10.1 Å². The Morgan fingerprint density at radius 2 is 2.26 bits per heavy atom.